The third-order valence-corrected chi connectivity index (χ3v) is 3.23. The lowest BCUT2D eigenvalue weighted by Crippen LogP contribution is -2.30. The fourth-order valence-electron chi connectivity index (χ4n) is 2.42. The summed E-state index contributed by atoms with van der Waals surface area (Å²) in [5, 5.41) is 0. The van der Waals surface area contributed by atoms with E-state index in [4.69, 9.17) is 0 Å². The van der Waals surface area contributed by atoms with Crippen LogP contribution >= 0.6 is 0 Å². The molecule has 0 aromatic carbocycles. The summed E-state index contributed by atoms with van der Waals surface area (Å²) in [4.78, 5) is 25.0. The molecule has 2 atom stereocenters. The van der Waals surface area contributed by atoms with Gasteiger partial charge in [-0.3, -0.25) is 14.5 Å². The van der Waals surface area contributed by atoms with E-state index < -0.39 is 0 Å². The van der Waals surface area contributed by atoms with E-state index in [2.05, 4.69) is 6.08 Å². The lowest BCUT2D eigenvalue weighted by molar-refractivity contribution is -0.139. The van der Waals surface area contributed by atoms with Gasteiger partial charge in [0.15, 0.2) is 0 Å². The first kappa shape index (κ1) is 9.44. The van der Waals surface area contributed by atoms with Crippen LogP contribution in [0.4, 0.5) is 0 Å². The maximum Gasteiger partial charge on any atom is 0.233 e. The molecule has 0 aromatic heterocycles. The van der Waals surface area contributed by atoms with Gasteiger partial charge in [-0.25, -0.2) is 0 Å². The summed E-state index contributed by atoms with van der Waals surface area (Å²) in [5.41, 5.74) is 1.24. The molecule has 2 amide bonds. The number of hydrogen-bond donors (Lipinski definition) is 0. The minimum absolute atomic E-state index is 0.0336. The molecule has 1 aliphatic heterocycles. The van der Waals surface area contributed by atoms with Gasteiger partial charge in [0.25, 0.3) is 0 Å². The number of carbonyl (C=O) groups is 2. The summed E-state index contributed by atoms with van der Waals surface area (Å²) in [6.07, 6.45) is 3.61. The van der Waals surface area contributed by atoms with Crippen molar-refractivity contribution in [3.05, 3.63) is 11.6 Å². The smallest absolute Gasteiger partial charge is 0.233 e. The molecule has 1 heterocycles. The van der Waals surface area contributed by atoms with Crippen molar-refractivity contribution in [2.75, 3.05) is 6.54 Å². The van der Waals surface area contributed by atoms with Crippen molar-refractivity contribution in [1.82, 2.24) is 4.90 Å². The molecule has 0 saturated carbocycles. The predicted octanol–water partition coefficient (Wildman–Crippen LogP) is 1.35. The Labute approximate surface area is 83.8 Å². The van der Waals surface area contributed by atoms with Gasteiger partial charge in [-0.05, 0) is 26.7 Å². The highest BCUT2D eigenvalue weighted by molar-refractivity contribution is 6.05. The highest BCUT2D eigenvalue weighted by atomic mass is 16.2. The fourth-order valence-corrected chi connectivity index (χ4v) is 2.42. The Kier molecular flexibility index (Phi) is 2.17. The first-order valence-corrected chi connectivity index (χ1v) is 5.16. The largest absolute Gasteiger partial charge is 0.282 e. The summed E-state index contributed by atoms with van der Waals surface area (Å²) < 4.78 is 0. The zero-order valence-corrected chi connectivity index (χ0v) is 8.62. The van der Waals surface area contributed by atoms with Gasteiger partial charge in [0.2, 0.25) is 11.8 Å². The number of allylic oxidation sites excluding steroid dienone is 2. The third kappa shape index (κ3) is 1.19. The number of likely N-dealkylation sites (tertiary alicyclic amines) is 1. The topological polar surface area (TPSA) is 37.4 Å². The van der Waals surface area contributed by atoms with Crippen LogP contribution in [0.5, 0.6) is 0 Å². The number of imide groups is 1. The highest BCUT2D eigenvalue weighted by Crippen LogP contribution is 2.37. The van der Waals surface area contributed by atoms with Crippen LogP contribution < -0.4 is 0 Å². The van der Waals surface area contributed by atoms with Gasteiger partial charge in [0, 0.05) is 6.54 Å². The Balaban J connectivity index is 2.27. The number of hydrogen-bond acceptors (Lipinski definition) is 2. The molecule has 2 aliphatic rings. The third-order valence-electron chi connectivity index (χ3n) is 3.23. The van der Waals surface area contributed by atoms with Crippen LogP contribution in [0.15, 0.2) is 11.6 Å². The Morgan fingerprint density at radius 3 is 2.64 bits per heavy atom. The Morgan fingerprint density at radius 1 is 1.36 bits per heavy atom. The SMILES string of the molecule is CCN1C(=O)[C@@H]2CC=C(C)C[C@H]2C1=O. The maximum atomic E-state index is 11.8. The van der Waals surface area contributed by atoms with E-state index in [1.54, 1.807) is 0 Å². The van der Waals surface area contributed by atoms with Gasteiger partial charge >= 0.3 is 0 Å². The molecule has 1 saturated heterocycles. The summed E-state index contributed by atoms with van der Waals surface area (Å²) >= 11 is 0. The molecule has 3 nitrogen and oxygen atoms in total. The second-order valence-corrected chi connectivity index (χ2v) is 4.12. The van der Waals surface area contributed by atoms with Crippen LogP contribution in [-0.4, -0.2) is 23.3 Å². The summed E-state index contributed by atoms with van der Waals surface area (Å²) in [5.74, 6) is -0.0557. The van der Waals surface area contributed by atoms with Crippen LogP contribution in [0.2, 0.25) is 0 Å². The first-order valence-electron chi connectivity index (χ1n) is 5.16. The van der Waals surface area contributed by atoms with Crippen molar-refractivity contribution in [2.45, 2.75) is 26.7 Å². The number of carbonyl (C=O) groups excluding carboxylic acids is 2. The lowest BCUT2D eigenvalue weighted by Gasteiger charge is -2.19. The molecule has 2 rings (SSSR count). The molecule has 14 heavy (non-hydrogen) atoms. The van der Waals surface area contributed by atoms with Gasteiger partial charge in [-0.15, -0.1) is 0 Å². The average molecular weight is 193 g/mol. The van der Waals surface area contributed by atoms with Gasteiger partial charge in [-0.1, -0.05) is 11.6 Å². The van der Waals surface area contributed by atoms with Gasteiger partial charge in [-0.2, -0.15) is 0 Å². The van der Waals surface area contributed by atoms with Crippen molar-refractivity contribution in [2.24, 2.45) is 11.8 Å². The molecule has 0 N–H and O–H groups in total. The van der Waals surface area contributed by atoms with Crippen molar-refractivity contribution in [1.29, 1.82) is 0 Å². The normalized spacial score (nSPS) is 31.9. The van der Waals surface area contributed by atoms with E-state index in [0.717, 1.165) is 12.8 Å². The number of rotatable bonds is 1. The standard InChI is InChI=1S/C11H15NO2/c1-3-12-10(13)8-5-4-7(2)6-9(8)11(12)14/h4,8-9H,3,5-6H2,1-2H3/t8-,9-/m1/s1. The molecule has 0 bridgehead atoms. The predicted molar refractivity (Wildman–Crippen MR) is 52.4 cm³/mol. The van der Waals surface area contributed by atoms with Crippen LogP contribution in [0.25, 0.3) is 0 Å². The van der Waals surface area contributed by atoms with Crippen molar-refractivity contribution < 1.29 is 9.59 Å². The summed E-state index contributed by atoms with van der Waals surface area (Å²) in [6, 6.07) is 0. The molecule has 0 aromatic rings. The van der Waals surface area contributed by atoms with E-state index in [-0.39, 0.29) is 23.7 Å². The van der Waals surface area contributed by atoms with E-state index in [1.807, 2.05) is 13.8 Å². The Morgan fingerprint density at radius 2 is 2.00 bits per heavy atom. The van der Waals surface area contributed by atoms with E-state index in [1.165, 1.54) is 10.5 Å². The highest BCUT2D eigenvalue weighted by Gasteiger charge is 2.47. The van der Waals surface area contributed by atoms with Crippen molar-refractivity contribution in [3.63, 3.8) is 0 Å². The monoisotopic (exact) mass is 193 g/mol. The van der Waals surface area contributed by atoms with E-state index >= 15 is 0 Å². The second-order valence-electron chi connectivity index (χ2n) is 4.12. The number of nitrogens with zero attached hydrogens (tertiary/aromatic N) is 1. The molecule has 0 radical (unpaired) electrons. The quantitative estimate of drug-likeness (QED) is 0.465. The van der Waals surface area contributed by atoms with Gasteiger partial charge in [0.05, 0.1) is 11.8 Å². The lowest BCUT2D eigenvalue weighted by atomic mass is 9.82. The average Bonchev–Trinajstić information content (AvgIpc) is 2.39. The minimum atomic E-state index is -0.0638. The molecular formula is C11H15NO2. The maximum absolute atomic E-state index is 11.8. The molecule has 1 fully saturated rings. The molecule has 0 unspecified atom stereocenters. The van der Waals surface area contributed by atoms with E-state index in [0.29, 0.717) is 6.54 Å². The molecule has 3 heteroatoms. The Bertz CT molecular complexity index is 319. The van der Waals surface area contributed by atoms with Crippen LogP contribution in [-0.2, 0) is 9.59 Å². The van der Waals surface area contributed by atoms with Crippen LogP contribution in [0, 0.1) is 11.8 Å². The van der Waals surface area contributed by atoms with Crippen molar-refractivity contribution >= 4 is 11.8 Å². The molecular weight excluding hydrogens is 178 g/mol. The molecule has 76 valence electrons. The zero-order valence-electron chi connectivity index (χ0n) is 8.62. The van der Waals surface area contributed by atoms with Crippen molar-refractivity contribution in [3.8, 4) is 0 Å². The van der Waals surface area contributed by atoms with Gasteiger partial charge < -0.3 is 0 Å². The number of amides is 2. The van der Waals surface area contributed by atoms with Crippen LogP contribution in [0.3, 0.4) is 0 Å². The van der Waals surface area contributed by atoms with E-state index in [9.17, 15) is 9.59 Å². The second kappa shape index (κ2) is 3.23. The summed E-state index contributed by atoms with van der Waals surface area (Å²) in [7, 11) is 0. The molecule has 1 aliphatic carbocycles. The summed E-state index contributed by atoms with van der Waals surface area (Å²) in [6.45, 7) is 4.40. The fraction of sp³-hybridized carbons (Fsp3) is 0.636. The number of fused-ring (bicyclic) bond motifs is 1. The van der Waals surface area contributed by atoms with Gasteiger partial charge in [0.1, 0.15) is 0 Å². The first-order chi connectivity index (χ1) is 6.65. The Hall–Kier alpha value is -1.12. The van der Waals surface area contributed by atoms with Crippen LogP contribution in [0.1, 0.15) is 26.7 Å². The zero-order chi connectivity index (χ0) is 10.3. The minimum Gasteiger partial charge on any atom is -0.282 e. The molecule has 0 spiro atoms.